The number of halogens is 4. The Kier molecular flexibility index (Phi) is 5.15. The van der Waals surface area contributed by atoms with Gasteiger partial charge < -0.3 is 10.0 Å². The van der Waals surface area contributed by atoms with Crippen molar-refractivity contribution < 1.29 is 32.3 Å². The number of likely N-dealkylation sites (tertiary alicyclic amines) is 1. The molecule has 1 aliphatic rings. The Morgan fingerprint density at radius 2 is 2.00 bits per heavy atom. The van der Waals surface area contributed by atoms with Gasteiger partial charge in [0, 0.05) is 19.4 Å². The van der Waals surface area contributed by atoms with Crippen LogP contribution < -0.4 is 0 Å². The fraction of sp³-hybridized carbons (Fsp3) is 0.500. The Morgan fingerprint density at radius 1 is 1.29 bits per heavy atom. The number of carboxylic acid groups (broad SMARTS) is 1. The van der Waals surface area contributed by atoms with Gasteiger partial charge in [-0.15, -0.1) is 0 Å². The average Bonchev–Trinajstić information content (AvgIpc) is 2.91. The third-order valence-corrected chi connectivity index (χ3v) is 4.07. The molecule has 4 nitrogen and oxygen atoms in total. The first-order valence-electron chi connectivity index (χ1n) is 7.48. The molecule has 1 aromatic rings. The molecule has 1 heterocycles. The summed E-state index contributed by atoms with van der Waals surface area (Å²) in [6.07, 6.45) is -4.04. The smallest absolute Gasteiger partial charge is 0.416 e. The second kappa shape index (κ2) is 6.78. The van der Waals surface area contributed by atoms with E-state index in [1.165, 1.54) is 6.07 Å². The van der Waals surface area contributed by atoms with Gasteiger partial charge in [-0.05, 0) is 24.5 Å². The first-order chi connectivity index (χ1) is 11.1. The number of hydrogen-bond donors (Lipinski definition) is 1. The maximum absolute atomic E-state index is 13.9. The highest BCUT2D eigenvalue weighted by Gasteiger charge is 2.46. The zero-order valence-corrected chi connectivity index (χ0v) is 12.8. The second-order valence-electron chi connectivity index (χ2n) is 5.89. The number of amides is 1. The second-order valence-corrected chi connectivity index (χ2v) is 5.89. The lowest BCUT2D eigenvalue weighted by Crippen LogP contribution is -2.38. The zero-order valence-electron chi connectivity index (χ0n) is 12.8. The molecule has 0 aliphatic carbocycles. The van der Waals surface area contributed by atoms with Crippen molar-refractivity contribution in [3.63, 3.8) is 0 Å². The molecular formula is C16H17F4NO3. The summed E-state index contributed by atoms with van der Waals surface area (Å²) in [4.78, 5) is 23.9. The van der Waals surface area contributed by atoms with Crippen LogP contribution in [0.1, 0.15) is 30.4 Å². The molecule has 24 heavy (non-hydrogen) atoms. The summed E-state index contributed by atoms with van der Waals surface area (Å²) >= 11 is 0. The largest absolute Gasteiger partial charge is 0.479 e. The molecule has 1 aliphatic heterocycles. The summed E-state index contributed by atoms with van der Waals surface area (Å²) in [5, 5.41) is 8.78. The molecule has 132 valence electrons. The van der Waals surface area contributed by atoms with Crippen molar-refractivity contribution in [2.24, 2.45) is 0 Å². The minimum atomic E-state index is -4.41. The Hall–Kier alpha value is -2.12. The molecule has 0 spiro atoms. The van der Waals surface area contributed by atoms with Crippen molar-refractivity contribution in [3.05, 3.63) is 35.4 Å². The van der Waals surface area contributed by atoms with E-state index in [2.05, 4.69) is 0 Å². The molecule has 0 saturated carbocycles. The first kappa shape index (κ1) is 18.2. The highest BCUT2D eigenvalue weighted by Crippen LogP contribution is 2.30. The standard InChI is InChI=1S/C16H17F4NO3/c17-15(14(23)24)7-8-21(10-15)13(22)6-2-4-11-3-1-5-12(9-11)16(18,19)20/h1,3,5,9H,2,4,6-8,10H2,(H,23,24). The predicted molar refractivity (Wildman–Crippen MR) is 77.1 cm³/mol. The van der Waals surface area contributed by atoms with Crippen LogP contribution in [0.2, 0.25) is 0 Å². The number of carboxylic acids is 1. The highest BCUT2D eigenvalue weighted by atomic mass is 19.4. The number of carbonyl (C=O) groups is 2. The van der Waals surface area contributed by atoms with E-state index >= 15 is 0 Å². The third-order valence-electron chi connectivity index (χ3n) is 4.07. The molecule has 1 atom stereocenters. The number of alkyl halides is 4. The fourth-order valence-corrected chi connectivity index (χ4v) is 2.67. The van der Waals surface area contributed by atoms with Crippen LogP contribution in [-0.2, 0) is 22.2 Å². The molecule has 8 heteroatoms. The van der Waals surface area contributed by atoms with Crippen molar-refractivity contribution in [1.29, 1.82) is 0 Å². The fourth-order valence-electron chi connectivity index (χ4n) is 2.67. The number of carbonyl (C=O) groups excluding carboxylic acids is 1. The molecule has 1 aromatic carbocycles. The average molecular weight is 347 g/mol. The lowest BCUT2D eigenvalue weighted by Gasteiger charge is -2.17. The van der Waals surface area contributed by atoms with Crippen molar-refractivity contribution in [2.45, 2.75) is 37.5 Å². The summed E-state index contributed by atoms with van der Waals surface area (Å²) in [5.74, 6) is -1.97. The van der Waals surface area contributed by atoms with Gasteiger partial charge in [-0.2, -0.15) is 13.2 Å². The lowest BCUT2D eigenvalue weighted by molar-refractivity contribution is -0.150. The van der Waals surface area contributed by atoms with Crippen LogP contribution in [0, 0.1) is 0 Å². The summed E-state index contributed by atoms with van der Waals surface area (Å²) in [6.45, 7) is -0.448. The maximum atomic E-state index is 13.9. The van der Waals surface area contributed by atoms with Gasteiger partial charge in [-0.25, -0.2) is 9.18 Å². The van der Waals surface area contributed by atoms with Crippen LogP contribution in [0.4, 0.5) is 17.6 Å². The Labute approximate surface area is 136 Å². The molecule has 1 fully saturated rings. The molecule has 0 bridgehead atoms. The van der Waals surface area contributed by atoms with E-state index in [1.807, 2.05) is 0 Å². The molecule has 1 saturated heterocycles. The highest BCUT2D eigenvalue weighted by molar-refractivity contribution is 5.82. The number of nitrogens with zero attached hydrogens (tertiary/aromatic N) is 1. The molecule has 1 amide bonds. The van der Waals surface area contributed by atoms with E-state index in [9.17, 15) is 27.2 Å². The van der Waals surface area contributed by atoms with Crippen LogP contribution in [0.3, 0.4) is 0 Å². The maximum Gasteiger partial charge on any atom is 0.416 e. The van der Waals surface area contributed by atoms with Crippen LogP contribution in [0.25, 0.3) is 0 Å². The summed E-state index contributed by atoms with van der Waals surface area (Å²) in [7, 11) is 0. The van der Waals surface area contributed by atoms with E-state index in [0.29, 0.717) is 12.0 Å². The Bertz CT molecular complexity index is 632. The minimum absolute atomic E-state index is 0.0329. The zero-order chi connectivity index (χ0) is 18.0. The topological polar surface area (TPSA) is 57.6 Å². The quantitative estimate of drug-likeness (QED) is 0.833. The number of hydrogen-bond acceptors (Lipinski definition) is 2. The van der Waals surface area contributed by atoms with Crippen molar-refractivity contribution in [1.82, 2.24) is 4.90 Å². The summed E-state index contributed by atoms with van der Waals surface area (Å²) in [5.41, 5.74) is -2.68. The van der Waals surface area contributed by atoms with Crippen LogP contribution in [0.15, 0.2) is 24.3 Å². The monoisotopic (exact) mass is 347 g/mol. The van der Waals surface area contributed by atoms with Crippen LogP contribution in [-0.4, -0.2) is 40.6 Å². The summed E-state index contributed by atoms with van der Waals surface area (Å²) < 4.78 is 51.7. The van der Waals surface area contributed by atoms with Gasteiger partial charge in [0.2, 0.25) is 11.6 Å². The van der Waals surface area contributed by atoms with Gasteiger partial charge in [0.1, 0.15) is 0 Å². The van der Waals surface area contributed by atoms with Gasteiger partial charge in [0.15, 0.2) is 0 Å². The van der Waals surface area contributed by atoms with Crippen molar-refractivity contribution in [3.8, 4) is 0 Å². The molecule has 0 aromatic heterocycles. The van der Waals surface area contributed by atoms with E-state index in [-0.39, 0.29) is 31.7 Å². The number of rotatable bonds is 5. The molecule has 2 rings (SSSR count). The van der Waals surface area contributed by atoms with Gasteiger partial charge in [0.25, 0.3) is 0 Å². The first-order valence-corrected chi connectivity index (χ1v) is 7.48. The molecule has 1 N–H and O–H groups in total. The van der Waals surface area contributed by atoms with Crippen LogP contribution >= 0.6 is 0 Å². The minimum Gasteiger partial charge on any atom is -0.479 e. The van der Waals surface area contributed by atoms with E-state index in [4.69, 9.17) is 5.11 Å². The lowest BCUT2D eigenvalue weighted by atomic mass is 10.0. The van der Waals surface area contributed by atoms with Crippen molar-refractivity contribution >= 4 is 11.9 Å². The summed E-state index contributed by atoms with van der Waals surface area (Å²) in [6, 6.07) is 4.88. The van der Waals surface area contributed by atoms with Gasteiger partial charge in [0.05, 0.1) is 12.1 Å². The number of aliphatic carboxylic acids is 1. The molecule has 0 radical (unpaired) electrons. The van der Waals surface area contributed by atoms with E-state index < -0.39 is 29.9 Å². The Morgan fingerprint density at radius 3 is 2.58 bits per heavy atom. The normalized spacial score (nSPS) is 21.1. The SMILES string of the molecule is O=C(CCCc1cccc(C(F)(F)F)c1)N1CCC(F)(C(=O)O)C1. The molecular weight excluding hydrogens is 330 g/mol. The third kappa shape index (κ3) is 4.24. The number of aryl methyl sites for hydroxylation is 1. The van der Waals surface area contributed by atoms with Gasteiger partial charge in [-0.3, -0.25) is 4.79 Å². The molecule has 1 unspecified atom stereocenters. The number of benzene rings is 1. The van der Waals surface area contributed by atoms with E-state index in [1.54, 1.807) is 6.07 Å². The van der Waals surface area contributed by atoms with Crippen molar-refractivity contribution in [2.75, 3.05) is 13.1 Å². The van der Waals surface area contributed by atoms with Crippen LogP contribution in [0.5, 0.6) is 0 Å². The van der Waals surface area contributed by atoms with E-state index in [0.717, 1.165) is 17.0 Å². The Balaban J connectivity index is 1.85. The van der Waals surface area contributed by atoms with Gasteiger partial charge >= 0.3 is 12.1 Å². The predicted octanol–water partition coefficient (Wildman–Crippen LogP) is 3.05. The van der Waals surface area contributed by atoms with Gasteiger partial charge in [-0.1, -0.05) is 18.2 Å².